The molecule has 4 unspecified atom stereocenters. The summed E-state index contributed by atoms with van der Waals surface area (Å²) in [5, 5.41) is 3.98. The van der Waals surface area contributed by atoms with Crippen molar-refractivity contribution in [3.8, 4) is 16.9 Å². The lowest BCUT2D eigenvalue weighted by Crippen LogP contribution is -2.42. The maximum atomic E-state index is 6.76. The number of anilines is 2. The lowest BCUT2D eigenvalue weighted by Gasteiger charge is -2.37. The van der Waals surface area contributed by atoms with E-state index in [0.717, 1.165) is 30.0 Å². The van der Waals surface area contributed by atoms with Crippen molar-refractivity contribution in [2.45, 2.75) is 36.9 Å². The number of aromatic nitrogens is 1. The first kappa shape index (κ1) is 33.5. The Labute approximate surface area is 342 Å². The number of nitrogens with zero attached hydrogens (tertiary/aromatic N) is 2. The van der Waals surface area contributed by atoms with E-state index in [9.17, 15) is 0 Å². The third kappa shape index (κ3) is 5.39. The average molecular weight is 765 g/mol. The molecule has 6 aromatic carbocycles. The Morgan fingerprint density at radius 1 is 0.638 bits per heavy atom. The monoisotopic (exact) mass is 764 g/mol. The Bertz CT molecular complexity index is 3060. The molecule has 2 aromatic heterocycles. The van der Waals surface area contributed by atoms with Gasteiger partial charge in [-0.1, -0.05) is 146 Å². The van der Waals surface area contributed by atoms with Gasteiger partial charge in [0.2, 0.25) is 0 Å². The van der Waals surface area contributed by atoms with Gasteiger partial charge in [0.15, 0.2) is 0 Å². The fourth-order valence-electron chi connectivity index (χ4n) is 9.84. The standard InChI is InChI=1S/C54H40N2OS/c1-2-11-39(12-3-1)56-48-17-7-4-13-42(48)43-31-25-37(33-50(43)56)35-21-27-40(28-22-35)55(49-18-10-16-47-44-14-5-8-19-51(44)57-54(47)49)41-29-23-36(24-30-41)38-26-32-46-45-15-6-9-20-52(45)58-53(46)34-38/h1-11,13-33,38-39,49,54H,12,34H2. The van der Waals surface area contributed by atoms with Gasteiger partial charge in [-0.3, -0.25) is 0 Å². The van der Waals surface area contributed by atoms with E-state index in [1.54, 1.807) is 0 Å². The number of ether oxygens (including phenoxy) is 1. The third-order valence-corrected chi connectivity index (χ3v) is 13.9. The minimum atomic E-state index is -0.123. The third-order valence-electron chi connectivity index (χ3n) is 12.6. The SMILES string of the molecule is C1=CCC(n2c3ccccc3c3ccc(-c4ccc(N(c5ccc(C6C=Cc7c(sc8ccccc78)C6)cc5)C5C=CC=C6c7ccccc7OC65)cc4)cc32)C=C1. The second-order valence-corrected chi connectivity index (χ2v) is 17.0. The van der Waals surface area contributed by atoms with Crippen molar-refractivity contribution in [3.05, 3.63) is 210 Å². The fourth-order valence-corrected chi connectivity index (χ4v) is 11.1. The maximum absolute atomic E-state index is 6.76. The van der Waals surface area contributed by atoms with Gasteiger partial charge in [-0.25, -0.2) is 0 Å². The number of para-hydroxylation sites is 2. The predicted molar refractivity (Wildman–Crippen MR) is 244 cm³/mol. The van der Waals surface area contributed by atoms with Crippen LogP contribution >= 0.6 is 11.3 Å². The zero-order valence-electron chi connectivity index (χ0n) is 31.9. The van der Waals surface area contributed by atoms with Crippen molar-refractivity contribution < 1.29 is 4.74 Å². The molecule has 58 heavy (non-hydrogen) atoms. The molecule has 0 fully saturated rings. The van der Waals surface area contributed by atoms with Crippen LogP contribution in [0, 0.1) is 0 Å². The number of hydrogen-bond donors (Lipinski definition) is 0. The summed E-state index contributed by atoms with van der Waals surface area (Å²) in [4.78, 5) is 3.95. The number of allylic oxidation sites excluding steroid dienone is 7. The molecule has 3 heterocycles. The van der Waals surface area contributed by atoms with E-state index in [4.69, 9.17) is 4.74 Å². The highest BCUT2D eigenvalue weighted by molar-refractivity contribution is 7.19. The van der Waals surface area contributed by atoms with E-state index in [1.807, 2.05) is 11.3 Å². The summed E-state index contributed by atoms with van der Waals surface area (Å²) in [5.41, 5.74) is 12.4. The molecule has 1 aliphatic heterocycles. The van der Waals surface area contributed by atoms with E-state index < -0.39 is 0 Å². The smallest absolute Gasteiger partial charge is 0.149 e. The first-order chi connectivity index (χ1) is 28.7. The first-order valence-corrected chi connectivity index (χ1v) is 21.3. The van der Waals surface area contributed by atoms with E-state index in [2.05, 4.69) is 204 Å². The molecule has 0 amide bonds. The minimum absolute atomic E-state index is 0.0376. The molecule has 8 aromatic rings. The summed E-state index contributed by atoms with van der Waals surface area (Å²) in [6.07, 6.45) is 22.3. The molecule has 0 spiro atoms. The van der Waals surface area contributed by atoms with Crippen LogP contribution in [0.15, 0.2) is 188 Å². The lowest BCUT2D eigenvalue weighted by molar-refractivity contribution is 0.258. The summed E-state index contributed by atoms with van der Waals surface area (Å²) in [5.74, 6) is 1.30. The number of thiophene rings is 1. The van der Waals surface area contributed by atoms with E-state index >= 15 is 0 Å². The number of hydrogen-bond acceptors (Lipinski definition) is 3. The molecular weight excluding hydrogens is 725 g/mol. The van der Waals surface area contributed by atoms with E-state index in [0.29, 0.717) is 12.0 Å². The van der Waals surface area contributed by atoms with Crippen molar-refractivity contribution >= 4 is 66.3 Å². The summed E-state index contributed by atoms with van der Waals surface area (Å²) in [6, 6.07) is 51.8. The van der Waals surface area contributed by atoms with Gasteiger partial charge < -0.3 is 14.2 Å². The zero-order chi connectivity index (χ0) is 38.2. The fraction of sp³-hybridized carbons (Fsp3) is 0.111. The number of fused-ring (bicyclic) bond motifs is 9. The van der Waals surface area contributed by atoms with Crippen LogP contribution in [0.3, 0.4) is 0 Å². The highest BCUT2D eigenvalue weighted by Gasteiger charge is 2.39. The van der Waals surface area contributed by atoms with Crippen LogP contribution in [-0.4, -0.2) is 16.7 Å². The van der Waals surface area contributed by atoms with E-state index in [1.165, 1.54) is 70.2 Å². The highest BCUT2D eigenvalue weighted by atomic mass is 32.1. The second kappa shape index (κ2) is 13.5. The Hall–Kier alpha value is -6.62. The van der Waals surface area contributed by atoms with Crippen LogP contribution in [-0.2, 0) is 6.42 Å². The molecule has 4 heteroatoms. The molecule has 3 nitrogen and oxygen atoms in total. The van der Waals surface area contributed by atoms with Gasteiger partial charge in [0, 0.05) is 54.3 Å². The molecule has 12 rings (SSSR count). The van der Waals surface area contributed by atoms with Gasteiger partial charge in [-0.15, -0.1) is 11.3 Å². The van der Waals surface area contributed by atoms with Gasteiger partial charge in [-0.2, -0.15) is 0 Å². The molecular formula is C54H40N2OS. The normalized spacial score (nSPS) is 20.2. The van der Waals surface area contributed by atoms with Crippen LogP contribution in [0.5, 0.6) is 5.75 Å². The minimum Gasteiger partial charge on any atom is -0.483 e. The van der Waals surface area contributed by atoms with Crippen molar-refractivity contribution in [1.82, 2.24) is 4.57 Å². The van der Waals surface area contributed by atoms with Gasteiger partial charge in [0.1, 0.15) is 11.9 Å². The van der Waals surface area contributed by atoms with Crippen molar-refractivity contribution in [2.75, 3.05) is 4.90 Å². The molecule has 0 N–H and O–H groups in total. The number of rotatable bonds is 6. The highest BCUT2D eigenvalue weighted by Crippen LogP contribution is 2.46. The Kier molecular flexibility index (Phi) is 7.80. The molecule has 4 aliphatic rings. The molecule has 0 bridgehead atoms. The molecule has 0 radical (unpaired) electrons. The van der Waals surface area contributed by atoms with Crippen LogP contribution < -0.4 is 9.64 Å². The maximum Gasteiger partial charge on any atom is 0.149 e. The summed E-state index contributed by atoms with van der Waals surface area (Å²) >= 11 is 1.94. The van der Waals surface area contributed by atoms with Gasteiger partial charge in [-0.05, 0) is 89.0 Å². The van der Waals surface area contributed by atoms with Gasteiger partial charge in [0.25, 0.3) is 0 Å². The Morgan fingerprint density at radius 3 is 2.26 bits per heavy atom. The second-order valence-electron chi connectivity index (χ2n) is 15.9. The van der Waals surface area contributed by atoms with Gasteiger partial charge >= 0.3 is 0 Å². The van der Waals surface area contributed by atoms with Gasteiger partial charge in [0.05, 0.1) is 17.6 Å². The predicted octanol–water partition coefficient (Wildman–Crippen LogP) is 14.0. The summed E-state index contributed by atoms with van der Waals surface area (Å²) in [7, 11) is 0. The topological polar surface area (TPSA) is 17.4 Å². The van der Waals surface area contributed by atoms with Crippen molar-refractivity contribution in [1.29, 1.82) is 0 Å². The van der Waals surface area contributed by atoms with Crippen LogP contribution in [0.2, 0.25) is 0 Å². The Morgan fingerprint density at radius 2 is 1.40 bits per heavy atom. The quantitative estimate of drug-likeness (QED) is 0.168. The van der Waals surface area contributed by atoms with E-state index in [-0.39, 0.29) is 12.1 Å². The molecule has 4 atom stereocenters. The summed E-state index contributed by atoms with van der Waals surface area (Å²) < 4.78 is 10.7. The Balaban J connectivity index is 0.907. The molecule has 0 saturated heterocycles. The summed E-state index contributed by atoms with van der Waals surface area (Å²) in [6.45, 7) is 0. The molecule has 3 aliphatic carbocycles. The molecule has 0 saturated carbocycles. The van der Waals surface area contributed by atoms with Crippen LogP contribution in [0.4, 0.5) is 11.4 Å². The van der Waals surface area contributed by atoms with Crippen LogP contribution in [0.25, 0.3) is 54.7 Å². The average Bonchev–Trinajstić information content (AvgIpc) is 3.97. The zero-order valence-corrected chi connectivity index (χ0v) is 32.7. The number of benzene rings is 6. The largest absolute Gasteiger partial charge is 0.483 e. The molecule has 278 valence electrons. The first-order valence-electron chi connectivity index (χ1n) is 20.4. The van der Waals surface area contributed by atoms with Crippen molar-refractivity contribution in [2.24, 2.45) is 0 Å². The van der Waals surface area contributed by atoms with Crippen molar-refractivity contribution in [3.63, 3.8) is 0 Å². The van der Waals surface area contributed by atoms with Crippen LogP contribution in [0.1, 0.15) is 39.9 Å². The lowest BCUT2D eigenvalue weighted by atomic mass is 9.88.